The number of hydrogen-bond acceptors (Lipinski definition) is 2. The maximum atomic E-state index is 9.96. The number of rotatable bonds is 2. The van der Waals surface area contributed by atoms with Crippen molar-refractivity contribution >= 4 is 69.6 Å². The highest BCUT2D eigenvalue weighted by atomic mass is 35.5. The van der Waals surface area contributed by atoms with E-state index in [2.05, 4.69) is 0 Å². The molecule has 0 fully saturated rings. The predicted octanol–water partition coefficient (Wildman–Crippen LogP) is 5.70. The molecular weight excluding hydrogens is 401 g/mol. The monoisotopic (exact) mass is 408 g/mol. The van der Waals surface area contributed by atoms with Gasteiger partial charge >= 0.3 is 0 Å². The second-order valence-electron chi connectivity index (χ2n) is 4.74. The van der Waals surface area contributed by atoms with E-state index < -0.39 is 19.4 Å². The molecule has 0 aromatic rings. The molecule has 2 N–H and O–H groups in total. The average molecular weight is 411 g/mol. The highest BCUT2D eigenvalue weighted by molar-refractivity contribution is 6.55. The summed E-state index contributed by atoms with van der Waals surface area (Å²) in [6.45, 7) is 0. The van der Waals surface area contributed by atoms with Gasteiger partial charge in [0.2, 0.25) is 0 Å². The summed E-state index contributed by atoms with van der Waals surface area (Å²) in [7, 11) is 0. The van der Waals surface area contributed by atoms with Gasteiger partial charge in [0, 0.05) is 6.42 Å². The van der Waals surface area contributed by atoms with Crippen molar-refractivity contribution in [2.75, 3.05) is 0 Å². The fourth-order valence-electron chi connectivity index (χ4n) is 2.05. The summed E-state index contributed by atoms with van der Waals surface area (Å²) in [5, 5.41) is 18.2. The van der Waals surface area contributed by atoms with Crippen LogP contribution in [0.15, 0.2) is 47.0 Å². The van der Waals surface area contributed by atoms with Crippen LogP contribution in [-0.2, 0) is 0 Å². The summed E-state index contributed by atoms with van der Waals surface area (Å²) in [5.74, 6) is -0.166. The summed E-state index contributed by atoms with van der Waals surface area (Å²) >= 11 is 36.6. The quantitative estimate of drug-likeness (QED) is 0.573. The smallest absolute Gasteiger partial charge is 0.156 e. The zero-order valence-electron chi connectivity index (χ0n) is 10.3. The number of alkyl halides is 6. The predicted molar refractivity (Wildman–Crippen MR) is 90.4 cm³/mol. The van der Waals surface area contributed by atoms with Crippen LogP contribution in [0.25, 0.3) is 0 Å². The Bertz CT molecular complexity index is 523. The lowest BCUT2D eigenvalue weighted by Gasteiger charge is -2.32. The number of aliphatic hydroxyl groups is 2. The normalized spacial score (nSPS) is 31.0. The van der Waals surface area contributed by atoms with Crippen LogP contribution in [0, 0.1) is 0 Å². The van der Waals surface area contributed by atoms with Crippen LogP contribution < -0.4 is 0 Å². The van der Waals surface area contributed by atoms with Gasteiger partial charge in [-0.2, -0.15) is 0 Å². The van der Waals surface area contributed by atoms with Gasteiger partial charge in [-0.25, -0.2) is 0 Å². The van der Waals surface area contributed by atoms with Crippen molar-refractivity contribution in [3.63, 3.8) is 0 Å². The molecule has 2 aliphatic carbocycles. The first-order chi connectivity index (χ1) is 9.56. The maximum Gasteiger partial charge on any atom is 0.156 e. The third-order valence-corrected chi connectivity index (χ3v) is 6.29. The first kappa shape index (κ1) is 17.7. The lowest BCUT2D eigenvalue weighted by molar-refractivity contribution is 0.407. The van der Waals surface area contributed by atoms with Crippen molar-refractivity contribution in [1.29, 1.82) is 0 Å². The molecule has 0 aromatic heterocycles. The Hall–Kier alpha value is 0.300. The number of allylic oxidation sites excluding steroid dienone is 6. The highest BCUT2D eigenvalue weighted by Crippen LogP contribution is 2.46. The van der Waals surface area contributed by atoms with Crippen molar-refractivity contribution in [2.45, 2.75) is 25.8 Å². The standard InChI is InChI=1S/C13H10Cl6O2/c14-10-6(8(20)1-3-12(10,16)17)5-7-9(21)2-4-13(18,19)11(7)15/h1-4,10-11,20-21H,5H2. The van der Waals surface area contributed by atoms with E-state index in [1.807, 2.05) is 0 Å². The minimum absolute atomic E-state index is 0.0388. The zero-order valence-corrected chi connectivity index (χ0v) is 14.9. The third kappa shape index (κ3) is 3.46. The van der Waals surface area contributed by atoms with Gasteiger partial charge < -0.3 is 10.2 Å². The average Bonchev–Trinajstić information content (AvgIpc) is 2.39. The molecular formula is C13H10Cl6O2. The Morgan fingerprint density at radius 3 is 1.48 bits per heavy atom. The zero-order chi connectivity index (χ0) is 16.0. The molecule has 0 bridgehead atoms. The highest BCUT2D eigenvalue weighted by Gasteiger charge is 2.42. The van der Waals surface area contributed by atoms with Crippen molar-refractivity contribution in [2.24, 2.45) is 0 Å². The molecule has 2 nitrogen and oxygen atoms in total. The van der Waals surface area contributed by atoms with Crippen LogP contribution in [0.5, 0.6) is 0 Å². The van der Waals surface area contributed by atoms with Gasteiger partial charge in [0.25, 0.3) is 0 Å². The molecule has 2 rings (SSSR count). The number of halogens is 6. The van der Waals surface area contributed by atoms with E-state index in [0.717, 1.165) is 0 Å². The van der Waals surface area contributed by atoms with E-state index in [-0.39, 0.29) is 17.9 Å². The van der Waals surface area contributed by atoms with Gasteiger partial charge in [-0.1, -0.05) is 46.4 Å². The van der Waals surface area contributed by atoms with Crippen LogP contribution in [0.4, 0.5) is 0 Å². The summed E-state index contributed by atoms with van der Waals surface area (Å²) in [6.07, 6.45) is 5.50. The Morgan fingerprint density at radius 2 is 1.14 bits per heavy atom. The molecule has 0 heterocycles. The minimum atomic E-state index is -1.37. The van der Waals surface area contributed by atoms with Gasteiger partial charge in [-0.3, -0.25) is 0 Å². The summed E-state index contributed by atoms with van der Waals surface area (Å²) in [4.78, 5) is 0. The molecule has 116 valence electrons. The maximum absolute atomic E-state index is 9.96. The molecule has 8 heteroatoms. The van der Waals surface area contributed by atoms with Crippen LogP contribution in [-0.4, -0.2) is 29.6 Å². The van der Waals surface area contributed by atoms with Gasteiger partial charge in [-0.05, 0) is 35.5 Å². The van der Waals surface area contributed by atoms with Gasteiger partial charge in [0.1, 0.15) is 11.5 Å². The number of hydrogen-bond donors (Lipinski definition) is 2. The van der Waals surface area contributed by atoms with Crippen molar-refractivity contribution in [3.8, 4) is 0 Å². The molecule has 2 unspecified atom stereocenters. The lowest BCUT2D eigenvalue weighted by atomic mass is 9.90. The fraction of sp³-hybridized carbons (Fsp3) is 0.385. The Morgan fingerprint density at radius 1 is 0.810 bits per heavy atom. The SMILES string of the molecule is OC1=C(CC2=C(O)C=CC(Cl)(Cl)C2Cl)C(Cl)C(Cl)(Cl)C=C1. The molecule has 0 saturated heterocycles. The third-order valence-electron chi connectivity index (χ3n) is 3.25. The van der Waals surface area contributed by atoms with Crippen LogP contribution in [0.1, 0.15) is 6.42 Å². The topological polar surface area (TPSA) is 40.5 Å². The second-order valence-corrected chi connectivity index (χ2v) is 8.50. The van der Waals surface area contributed by atoms with E-state index in [0.29, 0.717) is 11.1 Å². The van der Waals surface area contributed by atoms with E-state index in [9.17, 15) is 10.2 Å². The van der Waals surface area contributed by atoms with Crippen LogP contribution in [0.2, 0.25) is 0 Å². The van der Waals surface area contributed by atoms with Crippen molar-refractivity contribution < 1.29 is 10.2 Å². The minimum Gasteiger partial charge on any atom is -0.508 e. The Kier molecular flexibility index (Phi) is 5.10. The molecule has 0 aliphatic heterocycles. The van der Waals surface area contributed by atoms with Crippen LogP contribution >= 0.6 is 69.6 Å². The molecule has 2 aliphatic rings. The molecule has 0 aromatic carbocycles. The molecule has 0 radical (unpaired) electrons. The number of aliphatic hydroxyl groups excluding tert-OH is 2. The first-order valence-electron chi connectivity index (χ1n) is 5.82. The largest absolute Gasteiger partial charge is 0.508 e. The summed E-state index contributed by atoms with van der Waals surface area (Å²) in [6, 6.07) is 0. The van der Waals surface area contributed by atoms with Crippen molar-refractivity contribution in [1.82, 2.24) is 0 Å². The summed E-state index contributed by atoms with van der Waals surface area (Å²) < 4.78 is -2.74. The van der Waals surface area contributed by atoms with E-state index in [1.54, 1.807) is 0 Å². The van der Waals surface area contributed by atoms with Gasteiger partial charge in [-0.15, -0.1) is 23.2 Å². The van der Waals surface area contributed by atoms with Gasteiger partial charge in [0.15, 0.2) is 8.67 Å². The Balaban J connectivity index is 2.37. The fourth-order valence-corrected chi connectivity index (χ4v) is 3.36. The van der Waals surface area contributed by atoms with Crippen LogP contribution in [0.3, 0.4) is 0 Å². The molecule has 21 heavy (non-hydrogen) atoms. The van der Waals surface area contributed by atoms with Gasteiger partial charge in [0.05, 0.1) is 10.8 Å². The first-order valence-corrected chi connectivity index (χ1v) is 8.21. The van der Waals surface area contributed by atoms with E-state index in [4.69, 9.17) is 69.6 Å². The summed E-state index contributed by atoms with van der Waals surface area (Å²) in [5.41, 5.74) is 0.659. The Labute approximate surface area is 152 Å². The molecule has 0 spiro atoms. The molecule has 2 atom stereocenters. The molecule has 0 amide bonds. The van der Waals surface area contributed by atoms with E-state index in [1.165, 1.54) is 24.3 Å². The lowest BCUT2D eigenvalue weighted by Crippen LogP contribution is -2.33. The second kappa shape index (κ2) is 6.07. The molecule has 0 saturated carbocycles. The van der Waals surface area contributed by atoms with Crippen molar-refractivity contribution in [3.05, 3.63) is 47.0 Å². The van der Waals surface area contributed by atoms with E-state index >= 15 is 0 Å².